The SMILES string of the molecule is CCCN(CC1CC1)C(=O)c1ccccc1C(=O)O. The van der Waals surface area contributed by atoms with Gasteiger partial charge in [-0.25, -0.2) is 4.79 Å². The molecule has 1 aromatic carbocycles. The van der Waals surface area contributed by atoms with Crippen molar-refractivity contribution in [3.8, 4) is 0 Å². The Balaban J connectivity index is 2.22. The Kier molecular flexibility index (Phi) is 4.20. The predicted molar refractivity (Wildman–Crippen MR) is 72.3 cm³/mol. The van der Waals surface area contributed by atoms with Gasteiger partial charge in [-0.05, 0) is 37.3 Å². The van der Waals surface area contributed by atoms with Gasteiger partial charge in [0.1, 0.15) is 0 Å². The van der Waals surface area contributed by atoms with Gasteiger partial charge in [0.15, 0.2) is 0 Å². The first-order valence-corrected chi connectivity index (χ1v) is 6.75. The van der Waals surface area contributed by atoms with Gasteiger partial charge in [-0.15, -0.1) is 0 Å². The van der Waals surface area contributed by atoms with Gasteiger partial charge in [0.05, 0.1) is 11.1 Å². The molecule has 0 aliphatic heterocycles. The molecule has 1 saturated carbocycles. The van der Waals surface area contributed by atoms with E-state index in [-0.39, 0.29) is 11.5 Å². The van der Waals surface area contributed by atoms with E-state index in [1.807, 2.05) is 6.92 Å². The lowest BCUT2D eigenvalue weighted by Gasteiger charge is -2.22. The van der Waals surface area contributed by atoms with Crippen molar-refractivity contribution in [3.05, 3.63) is 35.4 Å². The molecule has 0 bridgehead atoms. The van der Waals surface area contributed by atoms with Crippen molar-refractivity contribution in [2.24, 2.45) is 5.92 Å². The van der Waals surface area contributed by atoms with Gasteiger partial charge in [-0.1, -0.05) is 19.1 Å². The number of amides is 1. The molecule has 0 unspecified atom stereocenters. The van der Waals surface area contributed by atoms with E-state index in [1.165, 1.54) is 18.9 Å². The molecule has 0 aromatic heterocycles. The van der Waals surface area contributed by atoms with Crippen molar-refractivity contribution < 1.29 is 14.7 Å². The molecule has 1 aliphatic carbocycles. The largest absolute Gasteiger partial charge is 0.478 e. The monoisotopic (exact) mass is 261 g/mol. The highest BCUT2D eigenvalue weighted by Gasteiger charge is 2.28. The van der Waals surface area contributed by atoms with Crippen molar-refractivity contribution >= 4 is 11.9 Å². The van der Waals surface area contributed by atoms with Crippen LogP contribution in [-0.4, -0.2) is 35.0 Å². The van der Waals surface area contributed by atoms with Crippen LogP contribution in [0.2, 0.25) is 0 Å². The lowest BCUT2D eigenvalue weighted by atomic mass is 10.1. The van der Waals surface area contributed by atoms with Crippen molar-refractivity contribution in [1.82, 2.24) is 4.90 Å². The molecule has 0 spiro atoms. The van der Waals surface area contributed by atoms with Crippen molar-refractivity contribution in [2.75, 3.05) is 13.1 Å². The van der Waals surface area contributed by atoms with Gasteiger partial charge in [0.25, 0.3) is 5.91 Å². The summed E-state index contributed by atoms with van der Waals surface area (Å²) in [6.45, 7) is 3.46. The molecule has 1 fully saturated rings. The van der Waals surface area contributed by atoms with Crippen LogP contribution in [0.15, 0.2) is 24.3 Å². The molecule has 2 rings (SSSR count). The lowest BCUT2D eigenvalue weighted by molar-refractivity contribution is 0.0673. The second-order valence-electron chi connectivity index (χ2n) is 5.05. The summed E-state index contributed by atoms with van der Waals surface area (Å²) in [7, 11) is 0. The average Bonchev–Trinajstić information content (AvgIpc) is 3.21. The Morgan fingerprint density at radius 1 is 1.26 bits per heavy atom. The third-order valence-corrected chi connectivity index (χ3v) is 3.34. The quantitative estimate of drug-likeness (QED) is 0.856. The predicted octanol–water partition coefficient (Wildman–Crippen LogP) is 2.65. The van der Waals surface area contributed by atoms with E-state index in [9.17, 15) is 9.59 Å². The molecule has 0 heterocycles. The van der Waals surface area contributed by atoms with Crippen LogP contribution >= 0.6 is 0 Å². The van der Waals surface area contributed by atoms with E-state index in [2.05, 4.69) is 0 Å². The molecule has 0 saturated heterocycles. The van der Waals surface area contributed by atoms with Crippen LogP contribution in [0.5, 0.6) is 0 Å². The van der Waals surface area contributed by atoms with E-state index in [1.54, 1.807) is 23.1 Å². The lowest BCUT2D eigenvalue weighted by Crippen LogP contribution is -2.34. The first-order chi connectivity index (χ1) is 9.13. The normalized spacial score (nSPS) is 14.2. The minimum absolute atomic E-state index is 0.0874. The van der Waals surface area contributed by atoms with E-state index in [4.69, 9.17) is 5.11 Å². The topological polar surface area (TPSA) is 57.6 Å². The second-order valence-corrected chi connectivity index (χ2v) is 5.05. The summed E-state index contributed by atoms with van der Waals surface area (Å²) < 4.78 is 0. The molecular weight excluding hydrogens is 242 g/mol. The molecule has 4 heteroatoms. The highest BCUT2D eigenvalue weighted by Crippen LogP contribution is 2.30. The number of rotatable bonds is 6. The number of carboxylic acids is 1. The van der Waals surface area contributed by atoms with Crippen molar-refractivity contribution in [1.29, 1.82) is 0 Å². The van der Waals surface area contributed by atoms with Crippen LogP contribution in [0.3, 0.4) is 0 Å². The Morgan fingerprint density at radius 3 is 2.42 bits per heavy atom. The van der Waals surface area contributed by atoms with Crippen molar-refractivity contribution in [3.63, 3.8) is 0 Å². The third kappa shape index (κ3) is 3.34. The summed E-state index contributed by atoms with van der Waals surface area (Å²) in [4.78, 5) is 25.4. The van der Waals surface area contributed by atoms with Gasteiger partial charge in [0.2, 0.25) is 0 Å². The molecule has 0 radical (unpaired) electrons. The zero-order valence-corrected chi connectivity index (χ0v) is 11.1. The summed E-state index contributed by atoms with van der Waals surface area (Å²) in [5, 5.41) is 9.15. The minimum atomic E-state index is -1.05. The van der Waals surface area contributed by atoms with Crippen molar-refractivity contribution in [2.45, 2.75) is 26.2 Å². The maximum Gasteiger partial charge on any atom is 0.336 e. The smallest absolute Gasteiger partial charge is 0.336 e. The summed E-state index contributed by atoms with van der Waals surface area (Å²) in [5.41, 5.74) is 0.383. The Hall–Kier alpha value is -1.84. The maximum atomic E-state index is 12.5. The van der Waals surface area contributed by atoms with Crippen LogP contribution in [-0.2, 0) is 0 Å². The number of hydrogen-bond donors (Lipinski definition) is 1. The Labute approximate surface area is 113 Å². The fourth-order valence-corrected chi connectivity index (χ4v) is 2.18. The van der Waals surface area contributed by atoms with Crippen LogP contribution < -0.4 is 0 Å². The maximum absolute atomic E-state index is 12.5. The van der Waals surface area contributed by atoms with E-state index in [0.717, 1.165) is 13.0 Å². The highest BCUT2D eigenvalue weighted by molar-refractivity contribution is 6.04. The standard InChI is InChI=1S/C15H19NO3/c1-2-9-16(10-11-7-8-11)14(17)12-5-3-4-6-13(12)15(18)19/h3-6,11H,2,7-10H2,1H3,(H,18,19). The van der Waals surface area contributed by atoms with Crippen LogP contribution in [0, 0.1) is 5.92 Å². The molecule has 1 N–H and O–H groups in total. The molecule has 4 nitrogen and oxygen atoms in total. The fraction of sp³-hybridized carbons (Fsp3) is 0.467. The number of nitrogens with zero attached hydrogens (tertiary/aromatic N) is 1. The van der Waals surface area contributed by atoms with Gasteiger partial charge in [-0.3, -0.25) is 4.79 Å². The summed E-state index contributed by atoms with van der Waals surface area (Å²) >= 11 is 0. The highest BCUT2D eigenvalue weighted by atomic mass is 16.4. The molecular formula is C15H19NO3. The molecule has 1 amide bonds. The molecule has 1 aliphatic rings. The number of benzene rings is 1. The number of aromatic carboxylic acids is 1. The summed E-state index contributed by atoms with van der Waals surface area (Å²) in [5.74, 6) is -0.605. The van der Waals surface area contributed by atoms with E-state index < -0.39 is 5.97 Å². The molecule has 0 atom stereocenters. The second kappa shape index (κ2) is 5.87. The first-order valence-electron chi connectivity index (χ1n) is 6.75. The van der Waals surface area contributed by atoms with E-state index in [0.29, 0.717) is 18.0 Å². The number of hydrogen-bond acceptors (Lipinski definition) is 2. The van der Waals surface area contributed by atoms with Gasteiger partial charge < -0.3 is 10.0 Å². The Bertz CT molecular complexity index is 480. The average molecular weight is 261 g/mol. The summed E-state index contributed by atoms with van der Waals surface area (Å²) in [6.07, 6.45) is 3.23. The molecule has 1 aromatic rings. The van der Waals surface area contributed by atoms with Gasteiger partial charge in [-0.2, -0.15) is 0 Å². The Morgan fingerprint density at radius 2 is 1.89 bits per heavy atom. The minimum Gasteiger partial charge on any atom is -0.478 e. The zero-order valence-electron chi connectivity index (χ0n) is 11.1. The number of carboxylic acid groups (broad SMARTS) is 1. The molecule has 19 heavy (non-hydrogen) atoms. The van der Waals surface area contributed by atoms with Gasteiger partial charge in [0, 0.05) is 13.1 Å². The first kappa shape index (κ1) is 13.6. The van der Waals surface area contributed by atoms with Crippen LogP contribution in [0.25, 0.3) is 0 Å². The van der Waals surface area contributed by atoms with Crippen LogP contribution in [0.1, 0.15) is 46.9 Å². The number of carbonyl (C=O) groups is 2. The van der Waals surface area contributed by atoms with E-state index >= 15 is 0 Å². The fourth-order valence-electron chi connectivity index (χ4n) is 2.18. The molecule has 102 valence electrons. The third-order valence-electron chi connectivity index (χ3n) is 3.34. The summed E-state index contributed by atoms with van der Waals surface area (Å²) in [6, 6.07) is 6.43. The van der Waals surface area contributed by atoms with Crippen LogP contribution in [0.4, 0.5) is 0 Å². The number of carbonyl (C=O) groups excluding carboxylic acids is 1. The van der Waals surface area contributed by atoms with Gasteiger partial charge >= 0.3 is 5.97 Å². The zero-order chi connectivity index (χ0) is 13.8.